The van der Waals surface area contributed by atoms with Crippen molar-refractivity contribution >= 4 is 0 Å². The molecular weight excluding hydrogens is 194 g/mol. The van der Waals surface area contributed by atoms with E-state index in [2.05, 4.69) is 32.3 Å². The molecule has 2 fully saturated rings. The van der Waals surface area contributed by atoms with E-state index in [9.17, 15) is 0 Å². The van der Waals surface area contributed by atoms with Gasteiger partial charge in [-0.3, -0.25) is 0 Å². The summed E-state index contributed by atoms with van der Waals surface area (Å²) in [7, 11) is 0. The van der Waals surface area contributed by atoms with Crippen molar-refractivity contribution in [2.24, 2.45) is 17.3 Å². The van der Waals surface area contributed by atoms with Crippen molar-refractivity contribution in [3.05, 3.63) is 12.2 Å². The van der Waals surface area contributed by atoms with Gasteiger partial charge in [-0.15, -0.1) is 0 Å². The molecule has 1 heterocycles. The van der Waals surface area contributed by atoms with Crippen LogP contribution < -0.4 is 0 Å². The van der Waals surface area contributed by atoms with E-state index in [-0.39, 0.29) is 0 Å². The van der Waals surface area contributed by atoms with Gasteiger partial charge in [0.25, 0.3) is 0 Å². The van der Waals surface area contributed by atoms with E-state index in [0.29, 0.717) is 5.41 Å². The topological polar surface area (TPSA) is 3.24 Å². The van der Waals surface area contributed by atoms with E-state index in [1.165, 1.54) is 50.9 Å². The highest BCUT2D eigenvalue weighted by Crippen LogP contribution is 2.46. The van der Waals surface area contributed by atoms with E-state index in [1.54, 1.807) is 0 Å². The number of hydrogen-bond donors (Lipinski definition) is 0. The van der Waals surface area contributed by atoms with E-state index in [1.807, 2.05) is 0 Å². The maximum atomic E-state index is 4.11. The van der Waals surface area contributed by atoms with Gasteiger partial charge in [0.1, 0.15) is 0 Å². The van der Waals surface area contributed by atoms with Crippen LogP contribution in [-0.4, -0.2) is 24.5 Å². The smallest absolute Gasteiger partial charge is 0.00506 e. The number of nitrogens with zero attached hydrogens (tertiary/aromatic N) is 1. The summed E-state index contributed by atoms with van der Waals surface area (Å²) in [4.78, 5) is 2.64. The Morgan fingerprint density at radius 2 is 1.88 bits per heavy atom. The molecule has 0 amide bonds. The van der Waals surface area contributed by atoms with E-state index >= 15 is 0 Å². The molecule has 0 bridgehead atoms. The molecule has 0 atom stereocenters. The highest BCUT2D eigenvalue weighted by atomic mass is 15.2. The molecule has 1 nitrogen and oxygen atoms in total. The summed E-state index contributed by atoms with van der Waals surface area (Å²) in [5.74, 6) is 1.65. The molecule has 2 rings (SSSR count). The molecule has 1 saturated heterocycles. The van der Waals surface area contributed by atoms with Gasteiger partial charge >= 0.3 is 0 Å². The first-order valence-electron chi connectivity index (χ1n) is 6.88. The molecule has 1 aliphatic heterocycles. The Labute approximate surface area is 101 Å². The van der Waals surface area contributed by atoms with Crippen LogP contribution >= 0.6 is 0 Å². The molecule has 2 aliphatic rings. The van der Waals surface area contributed by atoms with Crippen LogP contribution in [0.15, 0.2) is 12.2 Å². The summed E-state index contributed by atoms with van der Waals surface area (Å²) in [6, 6.07) is 0. The zero-order valence-electron chi connectivity index (χ0n) is 11.3. The standard InChI is InChI=1S/C15H27N/c1-12(2)9-16-10-15(11-16)7-5-14(6-8-15)13(3)4/h12,14H,3,5-11H2,1-2,4H3. The van der Waals surface area contributed by atoms with Gasteiger partial charge in [-0.25, -0.2) is 0 Å². The third kappa shape index (κ3) is 2.51. The lowest BCUT2D eigenvalue weighted by Crippen LogP contribution is -2.58. The Morgan fingerprint density at radius 1 is 1.31 bits per heavy atom. The first kappa shape index (κ1) is 12.2. The SMILES string of the molecule is C=C(C)C1CCC2(CC1)CN(CC(C)C)C2. The summed E-state index contributed by atoms with van der Waals surface area (Å²) in [5, 5.41) is 0. The molecular formula is C15H27N. The van der Waals surface area contributed by atoms with Gasteiger partial charge in [0.05, 0.1) is 0 Å². The van der Waals surface area contributed by atoms with Gasteiger partial charge in [-0.2, -0.15) is 0 Å². The molecule has 0 aromatic rings. The summed E-state index contributed by atoms with van der Waals surface area (Å²) in [5.41, 5.74) is 2.12. The fraction of sp³-hybridized carbons (Fsp3) is 0.867. The van der Waals surface area contributed by atoms with E-state index in [0.717, 1.165) is 11.8 Å². The van der Waals surface area contributed by atoms with Crippen LogP contribution in [0.25, 0.3) is 0 Å². The van der Waals surface area contributed by atoms with Gasteiger partial charge in [0.2, 0.25) is 0 Å². The van der Waals surface area contributed by atoms with Crippen molar-refractivity contribution in [3.63, 3.8) is 0 Å². The van der Waals surface area contributed by atoms with Gasteiger partial charge in [-0.1, -0.05) is 26.0 Å². The number of likely N-dealkylation sites (tertiary alicyclic amines) is 1. The molecule has 1 spiro atoms. The Hall–Kier alpha value is -0.300. The molecule has 1 heteroatoms. The second-order valence-corrected chi connectivity index (χ2v) is 6.68. The summed E-state index contributed by atoms with van der Waals surface area (Å²) < 4.78 is 0. The summed E-state index contributed by atoms with van der Waals surface area (Å²) in [6.07, 6.45) is 5.67. The van der Waals surface area contributed by atoms with Crippen molar-refractivity contribution < 1.29 is 0 Å². The molecule has 92 valence electrons. The fourth-order valence-electron chi connectivity index (χ4n) is 3.59. The fourth-order valence-corrected chi connectivity index (χ4v) is 3.59. The van der Waals surface area contributed by atoms with Crippen LogP contribution in [-0.2, 0) is 0 Å². The van der Waals surface area contributed by atoms with Gasteiger partial charge in [0, 0.05) is 19.6 Å². The van der Waals surface area contributed by atoms with Crippen LogP contribution in [0, 0.1) is 17.3 Å². The van der Waals surface area contributed by atoms with Gasteiger partial charge < -0.3 is 4.90 Å². The average Bonchev–Trinajstić information content (AvgIpc) is 2.15. The Morgan fingerprint density at radius 3 is 2.31 bits per heavy atom. The predicted octanol–water partition coefficient (Wildman–Crippen LogP) is 3.71. The number of rotatable bonds is 3. The molecule has 1 aliphatic carbocycles. The van der Waals surface area contributed by atoms with Crippen molar-refractivity contribution in [2.45, 2.75) is 46.5 Å². The molecule has 16 heavy (non-hydrogen) atoms. The summed E-state index contributed by atoms with van der Waals surface area (Å²) in [6.45, 7) is 15.0. The largest absolute Gasteiger partial charge is 0.302 e. The minimum atomic E-state index is 0.709. The zero-order valence-corrected chi connectivity index (χ0v) is 11.3. The predicted molar refractivity (Wildman–Crippen MR) is 70.5 cm³/mol. The molecule has 0 aromatic heterocycles. The molecule has 0 aromatic carbocycles. The third-order valence-corrected chi connectivity index (χ3v) is 4.48. The molecule has 0 unspecified atom stereocenters. The lowest BCUT2D eigenvalue weighted by molar-refractivity contribution is -0.0403. The monoisotopic (exact) mass is 221 g/mol. The maximum Gasteiger partial charge on any atom is 0.00506 e. The lowest BCUT2D eigenvalue weighted by atomic mass is 9.65. The van der Waals surface area contributed by atoms with Crippen LogP contribution in [0.3, 0.4) is 0 Å². The van der Waals surface area contributed by atoms with Crippen molar-refractivity contribution in [3.8, 4) is 0 Å². The average molecular weight is 221 g/mol. The van der Waals surface area contributed by atoms with Crippen LogP contribution in [0.1, 0.15) is 46.5 Å². The Kier molecular flexibility index (Phi) is 3.44. The first-order chi connectivity index (χ1) is 7.51. The summed E-state index contributed by atoms with van der Waals surface area (Å²) >= 11 is 0. The first-order valence-corrected chi connectivity index (χ1v) is 6.88. The minimum Gasteiger partial charge on any atom is -0.302 e. The van der Waals surface area contributed by atoms with Crippen LogP contribution in [0.5, 0.6) is 0 Å². The van der Waals surface area contributed by atoms with E-state index in [4.69, 9.17) is 0 Å². The Bertz CT molecular complexity index is 251. The van der Waals surface area contributed by atoms with E-state index < -0.39 is 0 Å². The molecule has 0 N–H and O–H groups in total. The van der Waals surface area contributed by atoms with Crippen molar-refractivity contribution in [1.29, 1.82) is 0 Å². The second-order valence-electron chi connectivity index (χ2n) is 6.68. The minimum absolute atomic E-state index is 0.709. The van der Waals surface area contributed by atoms with Crippen LogP contribution in [0.4, 0.5) is 0 Å². The molecule has 1 saturated carbocycles. The molecule has 0 radical (unpaired) electrons. The number of allylic oxidation sites excluding steroid dienone is 1. The van der Waals surface area contributed by atoms with Crippen molar-refractivity contribution in [1.82, 2.24) is 4.90 Å². The van der Waals surface area contributed by atoms with Gasteiger partial charge in [0.15, 0.2) is 0 Å². The highest BCUT2D eigenvalue weighted by Gasteiger charge is 2.44. The normalized spacial score (nSPS) is 26.0. The van der Waals surface area contributed by atoms with Gasteiger partial charge in [-0.05, 0) is 49.9 Å². The quantitative estimate of drug-likeness (QED) is 0.657. The highest BCUT2D eigenvalue weighted by molar-refractivity contribution is 5.04. The Balaban J connectivity index is 1.76. The maximum absolute atomic E-state index is 4.11. The lowest BCUT2D eigenvalue weighted by Gasteiger charge is -2.54. The van der Waals surface area contributed by atoms with Crippen molar-refractivity contribution in [2.75, 3.05) is 19.6 Å². The number of hydrogen-bond acceptors (Lipinski definition) is 1. The zero-order chi connectivity index (χ0) is 11.8. The van der Waals surface area contributed by atoms with Crippen LogP contribution in [0.2, 0.25) is 0 Å². The third-order valence-electron chi connectivity index (χ3n) is 4.48. The second kappa shape index (κ2) is 4.52.